The molecule has 2 fully saturated rings. The summed E-state index contributed by atoms with van der Waals surface area (Å²) in [5.74, 6) is 0.0284. The lowest BCUT2D eigenvalue weighted by Gasteiger charge is -2.35. The molecule has 0 radical (unpaired) electrons. The van der Waals surface area contributed by atoms with Crippen LogP contribution in [-0.4, -0.2) is 30.5 Å². The highest BCUT2D eigenvalue weighted by Crippen LogP contribution is 2.39. The standard InChI is InChI=1S/C14H25NO4/c1-13(2,3)19-15-12(16)10-11-4-6-14(7-5-11)17-8-9-18-14/h11H,4-10H2,1-3H3,(H,15,16). The molecular formula is C14H25NO4. The molecule has 0 atom stereocenters. The third-order valence-corrected chi connectivity index (χ3v) is 3.63. The Bertz CT molecular complexity index is 308. The fourth-order valence-corrected chi connectivity index (χ4v) is 2.62. The van der Waals surface area contributed by atoms with Crippen molar-refractivity contribution in [2.45, 2.75) is 64.3 Å². The predicted octanol–water partition coefficient (Wildman–Crippen LogP) is 2.16. The van der Waals surface area contributed by atoms with Gasteiger partial charge in [-0.15, -0.1) is 0 Å². The average molecular weight is 271 g/mol. The maximum absolute atomic E-state index is 11.8. The van der Waals surface area contributed by atoms with E-state index in [0.29, 0.717) is 25.6 Å². The Labute approximate surface area is 114 Å². The number of ether oxygens (including phenoxy) is 2. The molecular weight excluding hydrogens is 246 g/mol. The maximum atomic E-state index is 11.8. The van der Waals surface area contributed by atoms with E-state index < -0.39 is 0 Å². The second-order valence-electron chi connectivity index (χ2n) is 6.49. The summed E-state index contributed by atoms with van der Waals surface area (Å²) in [5.41, 5.74) is 2.18. The number of carbonyl (C=O) groups is 1. The molecule has 110 valence electrons. The van der Waals surface area contributed by atoms with Gasteiger partial charge in [0.2, 0.25) is 5.91 Å². The van der Waals surface area contributed by atoms with Gasteiger partial charge in [-0.2, -0.15) is 0 Å². The van der Waals surface area contributed by atoms with Gasteiger partial charge in [0.25, 0.3) is 0 Å². The van der Waals surface area contributed by atoms with Gasteiger partial charge in [-0.1, -0.05) is 0 Å². The molecule has 2 aliphatic rings. The number of nitrogens with one attached hydrogen (secondary N) is 1. The van der Waals surface area contributed by atoms with E-state index in [4.69, 9.17) is 14.3 Å². The Kier molecular flexibility index (Phi) is 4.48. The molecule has 0 aromatic rings. The number of rotatable bonds is 3. The minimum absolute atomic E-state index is 0.0378. The van der Waals surface area contributed by atoms with Gasteiger partial charge in [-0.3, -0.25) is 9.63 Å². The SMILES string of the molecule is CC(C)(C)ONC(=O)CC1CCC2(CC1)OCCO2. The van der Waals surface area contributed by atoms with Crippen molar-refractivity contribution in [2.24, 2.45) is 5.92 Å². The van der Waals surface area contributed by atoms with E-state index in [9.17, 15) is 4.79 Å². The second kappa shape index (κ2) is 5.77. The molecule has 5 nitrogen and oxygen atoms in total. The highest BCUT2D eigenvalue weighted by atomic mass is 16.7. The molecule has 0 aromatic carbocycles. The Hall–Kier alpha value is -0.650. The fourth-order valence-electron chi connectivity index (χ4n) is 2.62. The molecule has 0 unspecified atom stereocenters. The van der Waals surface area contributed by atoms with Gasteiger partial charge < -0.3 is 9.47 Å². The first-order valence-corrected chi connectivity index (χ1v) is 7.13. The van der Waals surface area contributed by atoms with Gasteiger partial charge in [0.05, 0.1) is 18.8 Å². The van der Waals surface area contributed by atoms with Gasteiger partial charge in [-0.05, 0) is 39.5 Å². The van der Waals surface area contributed by atoms with Crippen LogP contribution in [0.15, 0.2) is 0 Å². The third kappa shape index (κ3) is 4.44. The van der Waals surface area contributed by atoms with Gasteiger partial charge in [0.15, 0.2) is 5.79 Å². The third-order valence-electron chi connectivity index (χ3n) is 3.63. The van der Waals surface area contributed by atoms with E-state index in [0.717, 1.165) is 25.7 Å². The summed E-state index contributed by atoms with van der Waals surface area (Å²) in [4.78, 5) is 17.0. The summed E-state index contributed by atoms with van der Waals surface area (Å²) < 4.78 is 11.4. The van der Waals surface area contributed by atoms with Crippen LogP contribution < -0.4 is 5.48 Å². The van der Waals surface area contributed by atoms with Crippen LogP contribution in [0, 0.1) is 5.92 Å². The number of carbonyl (C=O) groups excluding carboxylic acids is 1. The zero-order valence-electron chi connectivity index (χ0n) is 12.2. The van der Waals surface area contributed by atoms with Crippen LogP contribution in [0.5, 0.6) is 0 Å². The summed E-state index contributed by atoms with van der Waals surface area (Å²) in [6.45, 7) is 7.13. The van der Waals surface area contributed by atoms with Crippen molar-refractivity contribution in [2.75, 3.05) is 13.2 Å². The van der Waals surface area contributed by atoms with Crippen molar-refractivity contribution in [3.8, 4) is 0 Å². The molecule has 1 heterocycles. The van der Waals surface area contributed by atoms with Gasteiger partial charge in [0, 0.05) is 19.3 Å². The summed E-state index contributed by atoms with van der Waals surface area (Å²) in [5, 5.41) is 0. The number of amides is 1. The normalized spacial score (nSPS) is 23.7. The van der Waals surface area contributed by atoms with Crippen molar-refractivity contribution < 1.29 is 19.1 Å². The summed E-state index contributed by atoms with van der Waals surface area (Å²) in [6, 6.07) is 0. The molecule has 1 saturated heterocycles. The number of hydrogen-bond donors (Lipinski definition) is 1. The number of hydroxylamine groups is 1. The largest absolute Gasteiger partial charge is 0.348 e. The summed E-state index contributed by atoms with van der Waals surface area (Å²) >= 11 is 0. The van der Waals surface area contributed by atoms with E-state index in [1.54, 1.807) is 0 Å². The smallest absolute Gasteiger partial charge is 0.243 e. The summed E-state index contributed by atoms with van der Waals surface area (Å²) in [6.07, 6.45) is 4.26. The zero-order valence-corrected chi connectivity index (χ0v) is 12.2. The van der Waals surface area contributed by atoms with Crippen molar-refractivity contribution in [3.63, 3.8) is 0 Å². The zero-order chi connectivity index (χ0) is 13.9. The molecule has 5 heteroatoms. The van der Waals surface area contributed by atoms with E-state index >= 15 is 0 Å². The topological polar surface area (TPSA) is 56.8 Å². The van der Waals surface area contributed by atoms with Crippen molar-refractivity contribution in [3.05, 3.63) is 0 Å². The van der Waals surface area contributed by atoms with Crippen LogP contribution in [-0.2, 0) is 19.1 Å². The van der Waals surface area contributed by atoms with Crippen molar-refractivity contribution in [1.82, 2.24) is 5.48 Å². The van der Waals surface area contributed by atoms with Crippen LogP contribution in [0.1, 0.15) is 52.9 Å². The molecule has 1 N–H and O–H groups in total. The molecule has 1 spiro atoms. The van der Waals surface area contributed by atoms with E-state index in [2.05, 4.69) is 5.48 Å². The lowest BCUT2D eigenvalue weighted by atomic mass is 9.83. The van der Waals surface area contributed by atoms with Crippen LogP contribution in [0.4, 0.5) is 0 Å². The van der Waals surface area contributed by atoms with Gasteiger partial charge in [0.1, 0.15) is 0 Å². The molecule has 1 aliphatic carbocycles. The van der Waals surface area contributed by atoms with Crippen molar-refractivity contribution in [1.29, 1.82) is 0 Å². The quantitative estimate of drug-likeness (QED) is 0.799. The first-order chi connectivity index (χ1) is 8.89. The lowest BCUT2D eigenvalue weighted by Crippen LogP contribution is -2.38. The minimum Gasteiger partial charge on any atom is -0.348 e. The number of hydrogen-bond acceptors (Lipinski definition) is 4. The predicted molar refractivity (Wildman–Crippen MR) is 70.2 cm³/mol. The van der Waals surface area contributed by atoms with Crippen LogP contribution >= 0.6 is 0 Å². The van der Waals surface area contributed by atoms with E-state index in [1.807, 2.05) is 20.8 Å². The first kappa shape index (κ1) is 14.8. The van der Waals surface area contributed by atoms with Gasteiger partial charge >= 0.3 is 0 Å². The monoisotopic (exact) mass is 271 g/mol. The molecule has 1 aliphatic heterocycles. The molecule has 1 amide bonds. The Morgan fingerprint density at radius 3 is 2.37 bits per heavy atom. The summed E-state index contributed by atoms with van der Waals surface area (Å²) in [7, 11) is 0. The van der Waals surface area contributed by atoms with E-state index in [-0.39, 0.29) is 17.3 Å². The molecule has 2 rings (SSSR count). The molecule has 0 bridgehead atoms. The van der Waals surface area contributed by atoms with E-state index in [1.165, 1.54) is 0 Å². The van der Waals surface area contributed by atoms with Gasteiger partial charge in [-0.25, -0.2) is 5.48 Å². The highest BCUT2D eigenvalue weighted by molar-refractivity contribution is 5.75. The lowest BCUT2D eigenvalue weighted by molar-refractivity contribution is -0.183. The highest BCUT2D eigenvalue weighted by Gasteiger charge is 2.40. The van der Waals surface area contributed by atoms with Crippen molar-refractivity contribution >= 4 is 5.91 Å². The Morgan fingerprint density at radius 2 is 1.84 bits per heavy atom. The Balaban J connectivity index is 1.69. The fraction of sp³-hybridized carbons (Fsp3) is 0.929. The van der Waals surface area contributed by atoms with Crippen LogP contribution in [0.2, 0.25) is 0 Å². The molecule has 0 aromatic heterocycles. The average Bonchev–Trinajstić information content (AvgIpc) is 2.78. The second-order valence-corrected chi connectivity index (χ2v) is 6.49. The Morgan fingerprint density at radius 1 is 1.26 bits per heavy atom. The minimum atomic E-state index is -0.349. The molecule has 1 saturated carbocycles. The van der Waals surface area contributed by atoms with Crippen LogP contribution in [0.3, 0.4) is 0 Å². The maximum Gasteiger partial charge on any atom is 0.243 e. The molecule has 19 heavy (non-hydrogen) atoms. The van der Waals surface area contributed by atoms with Crippen LogP contribution in [0.25, 0.3) is 0 Å². The first-order valence-electron chi connectivity index (χ1n) is 7.13.